The zero-order valence-corrected chi connectivity index (χ0v) is 18.1. The van der Waals surface area contributed by atoms with E-state index in [1.54, 1.807) is 14.2 Å². The number of hydrogen-bond acceptors (Lipinski definition) is 8. The minimum Gasteiger partial charge on any atom is -0.497 e. The molecule has 1 aromatic carbocycles. The number of carbonyl (C=O) groups excluding carboxylic acids is 1. The number of benzene rings is 1. The van der Waals surface area contributed by atoms with Gasteiger partial charge in [0.1, 0.15) is 22.7 Å². The van der Waals surface area contributed by atoms with Crippen LogP contribution in [0.4, 0.5) is 5.82 Å². The van der Waals surface area contributed by atoms with Gasteiger partial charge >= 0.3 is 0 Å². The summed E-state index contributed by atoms with van der Waals surface area (Å²) in [7, 11) is 3.25. The molecule has 0 aliphatic carbocycles. The number of rotatable bonds is 9. The first kappa shape index (κ1) is 21.9. The molecule has 0 radical (unpaired) electrons. The molecule has 3 N–H and O–H groups in total. The van der Waals surface area contributed by atoms with E-state index in [9.17, 15) is 9.90 Å². The Morgan fingerprint density at radius 2 is 2.17 bits per heavy atom. The monoisotopic (exact) mass is 430 g/mol. The van der Waals surface area contributed by atoms with E-state index in [0.29, 0.717) is 17.2 Å². The van der Waals surface area contributed by atoms with Crippen LogP contribution in [0.25, 0.3) is 10.2 Å². The Bertz CT molecular complexity index is 1020. The van der Waals surface area contributed by atoms with Gasteiger partial charge in [0, 0.05) is 20.1 Å². The molecule has 0 aliphatic heterocycles. The summed E-state index contributed by atoms with van der Waals surface area (Å²) < 4.78 is 5.26. The molecule has 0 saturated heterocycles. The van der Waals surface area contributed by atoms with Gasteiger partial charge in [-0.3, -0.25) is 4.79 Å². The Kier molecular flexibility index (Phi) is 7.20. The Balaban J connectivity index is 1.77. The largest absolute Gasteiger partial charge is 0.497 e. The fourth-order valence-corrected chi connectivity index (χ4v) is 4.34. The van der Waals surface area contributed by atoms with Gasteiger partial charge in [0.15, 0.2) is 0 Å². The Morgan fingerprint density at radius 3 is 2.90 bits per heavy atom. The van der Waals surface area contributed by atoms with Crippen molar-refractivity contribution in [1.82, 2.24) is 14.9 Å². The smallest absolute Gasteiger partial charge is 0.264 e. The summed E-state index contributed by atoms with van der Waals surface area (Å²) in [6.45, 7) is 2.20. The lowest BCUT2D eigenvalue weighted by Crippen LogP contribution is -2.35. The number of amides is 1. The molecule has 1 amide bonds. The lowest BCUT2D eigenvalue weighted by atomic mass is 10.1. The third-order valence-electron chi connectivity index (χ3n) is 4.80. The second-order valence-electron chi connectivity index (χ2n) is 7.01. The quantitative estimate of drug-likeness (QED) is 0.477. The number of carbonyl (C=O) groups is 1. The average molecular weight is 431 g/mol. The number of aryl methyl sites for hydroxylation is 1. The molecule has 0 aliphatic rings. The van der Waals surface area contributed by atoms with E-state index in [1.165, 1.54) is 22.6 Å². The number of thiophene rings is 1. The van der Waals surface area contributed by atoms with Crippen molar-refractivity contribution in [2.75, 3.05) is 39.2 Å². The molecule has 3 aromatic rings. The number of anilines is 1. The van der Waals surface area contributed by atoms with Crippen LogP contribution < -0.4 is 10.1 Å². The first-order valence-electron chi connectivity index (χ1n) is 9.59. The highest BCUT2D eigenvalue weighted by molar-refractivity contribution is 7.20. The van der Waals surface area contributed by atoms with Gasteiger partial charge in [-0.05, 0) is 36.6 Å². The van der Waals surface area contributed by atoms with Crippen molar-refractivity contribution < 1.29 is 19.7 Å². The number of aliphatic hydroxyl groups is 2. The van der Waals surface area contributed by atoms with Crippen molar-refractivity contribution in [3.05, 3.63) is 46.6 Å². The fourth-order valence-electron chi connectivity index (χ4n) is 3.19. The van der Waals surface area contributed by atoms with Crippen LogP contribution in [0.2, 0.25) is 0 Å². The Morgan fingerprint density at radius 1 is 1.37 bits per heavy atom. The van der Waals surface area contributed by atoms with Crippen LogP contribution in [0.3, 0.4) is 0 Å². The highest BCUT2D eigenvalue weighted by atomic mass is 32.1. The molecule has 2 heterocycles. The summed E-state index contributed by atoms with van der Waals surface area (Å²) >= 11 is 1.30. The number of likely N-dealkylation sites (N-methyl/N-ethyl adjacent to an activating group) is 1. The van der Waals surface area contributed by atoms with E-state index < -0.39 is 12.7 Å². The van der Waals surface area contributed by atoms with Gasteiger partial charge < -0.3 is 25.2 Å². The van der Waals surface area contributed by atoms with Crippen molar-refractivity contribution >= 4 is 33.3 Å². The van der Waals surface area contributed by atoms with Crippen molar-refractivity contribution in [2.45, 2.75) is 19.4 Å². The molecule has 0 saturated carbocycles. The maximum Gasteiger partial charge on any atom is 0.264 e. The number of fused-ring (bicyclic) bond motifs is 1. The summed E-state index contributed by atoms with van der Waals surface area (Å²) in [5.74, 6) is 1.29. The molecule has 30 heavy (non-hydrogen) atoms. The van der Waals surface area contributed by atoms with Crippen LogP contribution >= 0.6 is 11.3 Å². The molecule has 1 unspecified atom stereocenters. The van der Waals surface area contributed by atoms with Gasteiger partial charge in [0.05, 0.1) is 30.1 Å². The molecular weight excluding hydrogens is 404 g/mol. The topological polar surface area (TPSA) is 108 Å². The Labute approximate surface area is 179 Å². The highest BCUT2D eigenvalue weighted by Gasteiger charge is 2.23. The third kappa shape index (κ3) is 4.86. The predicted octanol–water partition coefficient (Wildman–Crippen LogP) is 2.09. The summed E-state index contributed by atoms with van der Waals surface area (Å²) in [5, 5.41) is 22.8. The first-order valence-corrected chi connectivity index (χ1v) is 10.4. The fraction of sp³-hybridized carbons (Fsp3) is 0.381. The van der Waals surface area contributed by atoms with Gasteiger partial charge in [-0.1, -0.05) is 12.1 Å². The molecule has 8 nitrogen and oxygen atoms in total. The second kappa shape index (κ2) is 9.84. The van der Waals surface area contributed by atoms with Gasteiger partial charge in [-0.2, -0.15) is 0 Å². The molecule has 160 valence electrons. The molecule has 2 aromatic heterocycles. The summed E-state index contributed by atoms with van der Waals surface area (Å²) in [5.41, 5.74) is 1.95. The summed E-state index contributed by atoms with van der Waals surface area (Å²) in [6.07, 6.45) is 1.31. The van der Waals surface area contributed by atoms with E-state index in [0.717, 1.165) is 33.5 Å². The van der Waals surface area contributed by atoms with Crippen LogP contribution in [0.15, 0.2) is 30.6 Å². The van der Waals surface area contributed by atoms with Gasteiger partial charge in [0.2, 0.25) is 0 Å². The SMILES string of the molecule is COc1cccc(CCNc2ncnc3sc(C(=O)N(C)CC(O)CO)c(C)c23)c1. The number of ether oxygens (including phenoxy) is 1. The van der Waals surface area contributed by atoms with E-state index in [1.807, 2.05) is 31.2 Å². The maximum absolute atomic E-state index is 12.8. The number of nitrogens with one attached hydrogen (secondary N) is 1. The molecule has 0 spiro atoms. The summed E-state index contributed by atoms with van der Waals surface area (Å²) in [6, 6.07) is 7.92. The van der Waals surface area contributed by atoms with E-state index in [-0.39, 0.29) is 12.5 Å². The van der Waals surface area contributed by atoms with Crippen molar-refractivity contribution in [2.24, 2.45) is 0 Å². The van der Waals surface area contributed by atoms with Crippen LogP contribution in [-0.2, 0) is 6.42 Å². The molecule has 0 fully saturated rings. The molecule has 1 atom stereocenters. The number of nitrogens with zero attached hydrogens (tertiary/aromatic N) is 3. The minimum atomic E-state index is -0.970. The molecular formula is C21H26N4O4S. The number of methoxy groups -OCH3 is 1. The molecule has 9 heteroatoms. The average Bonchev–Trinajstić information content (AvgIpc) is 3.10. The van der Waals surface area contributed by atoms with Crippen molar-refractivity contribution in [3.63, 3.8) is 0 Å². The normalized spacial score (nSPS) is 12.0. The lowest BCUT2D eigenvalue weighted by Gasteiger charge is -2.19. The first-order chi connectivity index (χ1) is 14.4. The van der Waals surface area contributed by atoms with Gasteiger partial charge in [-0.15, -0.1) is 11.3 Å². The highest BCUT2D eigenvalue weighted by Crippen LogP contribution is 2.33. The number of aromatic nitrogens is 2. The van der Waals surface area contributed by atoms with Crippen molar-refractivity contribution in [3.8, 4) is 5.75 Å². The zero-order valence-electron chi connectivity index (χ0n) is 17.3. The third-order valence-corrected chi connectivity index (χ3v) is 5.99. The number of hydrogen-bond donors (Lipinski definition) is 3. The van der Waals surface area contributed by atoms with E-state index in [4.69, 9.17) is 9.84 Å². The predicted molar refractivity (Wildman–Crippen MR) is 117 cm³/mol. The molecule has 3 rings (SSSR count). The van der Waals surface area contributed by atoms with Gasteiger partial charge in [0.25, 0.3) is 5.91 Å². The minimum absolute atomic E-state index is 0.0559. The van der Waals surface area contributed by atoms with Crippen LogP contribution in [-0.4, -0.2) is 70.9 Å². The van der Waals surface area contributed by atoms with Crippen LogP contribution in [0, 0.1) is 6.92 Å². The van der Waals surface area contributed by atoms with E-state index >= 15 is 0 Å². The second-order valence-corrected chi connectivity index (χ2v) is 8.01. The van der Waals surface area contributed by atoms with Crippen molar-refractivity contribution in [1.29, 1.82) is 0 Å². The van der Waals surface area contributed by atoms with E-state index in [2.05, 4.69) is 15.3 Å². The summed E-state index contributed by atoms with van der Waals surface area (Å²) in [4.78, 5) is 24.2. The number of aliphatic hydroxyl groups excluding tert-OH is 2. The van der Waals surface area contributed by atoms with Gasteiger partial charge in [-0.25, -0.2) is 9.97 Å². The molecule has 0 bridgehead atoms. The van der Waals surface area contributed by atoms with Crippen LogP contribution in [0.1, 0.15) is 20.8 Å². The standard InChI is InChI=1S/C21H26N4O4S/c1-13-17-19(22-8-7-14-5-4-6-16(9-14)29-3)23-12-24-20(17)30-18(13)21(28)25(2)10-15(27)11-26/h4-6,9,12,15,26-27H,7-8,10-11H2,1-3H3,(H,22,23,24). The Hall–Kier alpha value is -2.75. The lowest BCUT2D eigenvalue weighted by molar-refractivity contribution is 0.0523. The zero-order chi connectivity index (χ0) is 21.7. The maximum atomic E-state index is 12.8. The van der Waals surface area contributed by atoms with Crippen LogP contribution in [0.5, 0.6) is 5.75 Å².